The molecule has 5 nitrogen and oxygen atoms in total. The van der Waals surface area contributed by atoms with Crippen molar-refractivity contribution in [3.63, 3.8) is 0 Å². The van der Waals surface area contributed by atoms with E-state index in [0.717, 1.165) is 31.6 Å². The maximum absolute atomic E-state index is 4.10. The van der Waals surface area contributed by atoms with Gasteiger partial charge in [0.15, 0.2) is 5.82 Å². The fraction of sp³-hybridized carbons (Fsp3) is 0.588. The summed E-state index contributed by atoms with van der Waals surface area (Å²) in [5.41, 5.74) is 1.83. The fourth-order valence-electron chi connectivity index (χ4n) is 4.02. The van der Waals surface area contributed by atoms with E-state index in [0.29, 0.717) is 17.5 Å². The molecule has 0 bridgehead atoms. The normalized spacial score (nSPS) is 31.1. The lowest BCUT2D eigenvalue weighted by Gasteiger charge is -2.47. The number of nitrogens with one attached hydrogen (secondary N) is 1. The molecule has 1 N–H and O–H groups in total. The van der Waals surface area contributed by atoms with Crippen LogP contribution in [-0.2, 0) is 18.4 Å². The summed E-state index contributed by atoms with van der Waals surface area (Å²) in [7, 11) is 0. The number of fused-ring (bicyclic) bond motifs is 1. The highest BCUT2D eigenvalue weighted by molar-refractivity contribution is 5.28. The smallest absolute Gasteiger partial charge is 0.151 e. The number of nitrogens with zero attached hydrogens (tertiary/aromatic N) is 4. The molecule has 1 aliphatic carbocycles. The van der Waals surface area contributed by atoms with Gasteiger partial charge < -0.3 is 5.32 Å². The Morgan fingerprint density at radius 1 is 1.14 bits per heavy atom. The van der Waals surface area contributed by atoms with E-state index in [1.165, 1.54) is 18.4 Å². The molecule has 4 rings (SSSR count). The van der Waals surface area contributed by atoms with Gasteiger partial charge in [-0.3, -0.25) is 0 Å². The third-order valence-corrected chi connectivity index (χ3v) is 5.35. The lowest BCUT2D eigenvalue weighted by molar-refractivity contribution is 0.171. The van der Waals surface area contributed by atoms with Crippen molar-refractivity contribution >= 4 is 0 Å². The number of aryl methyl sites for hydroxylation is 2. The zero-order chi connectivity index (χ0) is 15.0. The van der Waals surface area contributed by atoms with Crippen LogP contribution in [0.5, 0.6) is 0 Å². The summed E-state index contributed by atoms with van der Waals surface area (Å²) in [6.07, 6.45) is 5.71. The molecule has 1 saturated carbocycles. The minimum absolute atomic E-state index is 0.349. The van der Waals surface area contributed by atoms with Crippen LogP contribution in [0.15, 0.2) is 30.3 Å². The number of benzene rings is 1. The Morgan fingerprint density at radius 3 is 2.77 bits per heavy atom. The average Bonchev–Trinajstić information content (AvgIpc) is 2.88. The van der Waals surface area contributed by atoms with Gasteiger partial charge in [-0.15, -0.1) is 5.10 Å². The molecule has 0 spiro atoms. The summed E-state index contributed by atoms with van der Waals surface area (Å²) in [6, 6.07) is 12.1. The Balaban J connectivity index is 1.32. The summed E-state index contributed by atoms with van der Waals surface area (Å²) in [6.45, 7) is 3.32. The molecule has 0 amide bonds. The minimum Gasteiger partial charge on any atom is -0.311 e. The topological polar surface area (TPSA) is 55.6 Å². The largest absolute Gasteiger partial charge is 0.311 e. The second-order valence-electron chi connectivity index (χ2n) is 7.04. The Kier molecular flexibility index (Phi) is 3.45. The monoisotopic (exact) mass is 297 g/mol. The van der Waals surface area contributed by atoms with Crippen LogP contribution >= 0.6 is 0 Å². The molecule has 1 fully saturated rings. The molecule has 1 aromatic heterocycles. The van der Waals surface area contributed by atoms with Crippen LogP contribution in [0.25, 0.3) is 0 Å². The summed E-state index contributed by atoms with van der Waals surface area (Å²) < 4.78 is 1.95. The van der Waals surface area contributed by atoms with Crippen molar-refractivity contribution in [1.82, 2.24) is 25.5 Å². The van der Waals surface area contributed by atoms with Crippen LogP contribution in [0.2, 0.25) is 0 Å². The highest BCUT2D eigenvalue weighted by Crippen LogP contribution is 2.43. The molecule has 116 valence electrons. The zero-order valence-electron chi connectivity index (χ0n) is 13.1. The first-order chi connectivity index (χ1) is 10.7. The van der Waals surface area contributed by atoms with E-state index in [-0.39, 0.29) is 0 Å². The number of hydrogen-bond donors (Lipinski definition) is 1. The molecular formula is C17H23N5. The zero-order valence-corrected chi connectivity index (χ0v) is 13.1. The van der Waals surface area contributed by atoms with Gasteiger partial charge in [-0.05, 0) is 47.1 Å². The van der Waals surface area contributed by atoms with E-state index >= 15 is 0 Å². The van der Waals surface area contributed by atoms with Gasteiger partial charge in [0.05, 0.1) is 0 Å². The average molecular weight is 297 g/mol. The number of hydrogen-bond acceptors (Lipinski definition) is 4. The Bertz CT molecular complexity index is 607. The van der Waals surface area contributed by atoms with Gasteiger partial charge >= 0.3 is 0 Å². The van der Waals surface area contributed by atoms with Crippen LogP contribution in [0, 0.1) is 0 Å². The quantitative estimate of drug-likeness (QED) is 0.942. The summed E-state index contributed by atoms with van der Waals surface area (Å²) in [4.78, 5) is 0. The van der Waals surface area contributed by atoms with Crippen LogP contribution in [0.4, 0.5) is 0 Å². The SMILES string of the molecule is CC1(c2ccccc2)CC(NC2CCc3nnnn3CC2)C1. The summed E-state index contributed by atoms with van der Waals surface area (Å²) in [5, 5.41) is 15.8. The lowest BCUT2D eigenvalue weighted by atomic mass is 9.63. The maximum Gasteiger partial charge on any atom is 0.151 e. The first-order valence-electron chi connectivity index (χ1n) is 8.30. The van der Waals surface area contributed by atoms with Gasteiger partial charge in [0.2, 0.25) is 0 Å². The Morgan fingerprint density at radius 2 is 1.95 bits per heavy atom. The number of tetrazole rings is 1. The molecule has 2 aliphatic rings. The van der Waals surface area contributed by atoms with Crippen molar-refractivity contribution in [2.24, 2.45) is 0 Å². The van der Waals surface area contributed by atoms with Gasteiger partial charge in [-0.25, -0.2) is 4.68 Å². The lowest BCUT2D eigenvalue weighted by Crippen LogP contribution is -2.53. The second kappa shape index (κ2) is 5.47. The molecule has 1 aliphatic heterocycles. The van der Waals surface area contributed by atoms with Crippen LogP contribution in [0.3, 0.4) is 0 Å². The first kappa shape index (κ1) is 13.9. The number of rotatable bonds is 3. The van der Waals surface area contributed by atoms with Gasteiger partial charge in [0, 0.05) is 25.0 Å². The van der Waals surface area contributed by atoms with Crippen molar-refractivity contribution in [3.8, 4) is 0 Å². The predicted molar refractivity (Wildman–Crippen MR) is 84.5 cm³/mol. The third kappa shape index (κ3) is 2.54. The molecule has 0 saturated heterocycles. The molecule has 1 atom stereocenters. The summed E-state index contributed by atoms with van der Waals surface area (Å²) in [5.74, 6) is 1.03. The molecule has 2 heterocycles. The highest BCUT2D eigenvalue weighted by atomic mass is 15.5. The van der Waals surface area contributed by atoms with Crippen molar-refractivity contribution in [2.75, 3.05) is 0 Å². The van der Waals surface area contributed by atoms with E-state index in [1.54, 1.807) is 0 Å². The van der Waals surface area contributed by atoms with E-state index in [2.05, 4.69) is 58.1 Å². The van der Waals surface area contributed by atoms with Crippen LogP contribution in [-0.4, -0.2) is 32.3 Å². The van der Waals surface area contributed by atoms with Gasteiger partial charge in [-0.1, -0.05) is 37.3 Å². The van der Waals surface area contributed by atoms with E-state index in [4.69, 9.17) is 0 Å². The summed E-state index contributed by atoms with van der Waals surface area (Å²) >= 11 is 0. The molecule has 1 aromatic carbocycles. The van der Waals surface area contributed by atoms with Crippen LogP contribution in [0.1, 0.15) is 44.0 Å². The van der Waals surface area contributed by atoms with Crippen molar-refractivity contribution in [3.05, 3.63) is 41.7 Å². The van der Waals surface area contributed by atoms with Gasteiger partial charge in [-0.2, -0.15) is 0 Å². The van der Waals surface area contributed by atoms with Crippen molar-refractivity contribution in [2.45, 2.75) is 63.1 Å². The maximum atomic E-state index is 4.10. The molecule has 22 heavy (non-hydrogen) atoms. The first-order valence-corrected chi connectivity index (χ1v) is 8.30. The molecule has 1 unspecified atom stereocenters. The predicted octanol–water partition coefficient (Wildman–Crippen LogP) is 2.09. The third-order valence-electron chi connectivity index (χ3n) is 5.35. The van der Waals surface area contributed by atoms with Crippen molar-refractivity contribution < 1.29 is 0 Å². The van der Waals surface area contributed by atoms with Crippen LogP contribution < -0.4 is 5.32 Å². The molecule has 5 heteroatoms. The molecular weight excluding hydrogens is 274 g/mol. The standard InChI is InChI=1S/C17H23N5/c1-17(13-5-3-2-4-6-13)11-15(12-17)18-14-7-8-16-19-20-21-22(16)10-9-14/h2-6,14-15,18H,7-12H2,1H3. The Labute approximate surface area is 131 Å². The number of aromatic nitrogens is 4. The Hall–Kier alpha value is -1.75. The van der Waals surface area contributed by atoms with Crippen molar-refractivity contribution in [1.29, 1.82) is 0 Å². The van der Waals surface area contributed by atoms with E-state index in [1.807, 2.05) is 4.68 Å². The van der Waals surface area contributed by atoms with Gasteiger partial charge in [0.1, 0.15) is 0 Å². The minimum atomic E-state index is 0.349. The van der Waals surface area contributed by atoms with Gasteiger partial charge in [0.25, 0.3) is 0 Å². The highest BCUT2D eigenvalue weighted by Gasteiger charge is 2.42. The molecule has 2 aromatic rings. The fourth-order valence-corrected chi connectivity index (χ4v) is 4.02. The van der Waals surface area contributed by atoms with E-state index in [9.17, 15) is 0 Å². The molecule has 0 radical (unpaired) electrons. The second-order valence-corrected chi connectivity index (χ2v) is 7.04. The van der Waals surface area contributed by atoms with E-state index < -0.39 is 0 Å².